The molecule has 148 valence electrons. The van der Waals surface area contributed by atoms with E-state index in [4.69, 9.17) is 5.73 Å². The molecule has 1 rings (SSSR count). The van der Waals surface area contributed by atoms with Crippen LogP contribution in [0.5, 0.6) is 0 Å². The van der Waals surface area contributed by atoms with Crippen molar-refractivity contribution in [2.24, 2.45) is 10.7 Å². The lowest BCUT2D eigenvalue weighted by Gasteiger charge is -2.19. The predicted octanol–water partition coefficient (Wildman–Crippen LogP) is 5.92. The number of aliphatic imine (C=N–C) groups is 1. The molecule has 0 aromatic rings. The van der Waals surface area contributed by atoms with Crippen molar-refractivity contribution in [1.29, 1.82) is 0 Å². The van der Waals surface area contributed by atoms with Crippen LogP contribution in [0.3, 0.4) is 0 Å². The van der Waals surface area contributed by atoms with Crippen LogP contribution in [-0.4, -0.2) is 36.9 Å². The molecule has 25 heavy (non-hydrogen) atoms. The Morgan fingerprint density at radius 2 is 1.24 bits per heavy atom. The molecule has 0 bridgehead atoms. The summed E-state index contributed by atoms with van der Waals surface area (Å²) >= 11 is 0. The van der Waals surface area contributed by atoms with Crippen molar-refractivity contribution in [3.63, 3.8) is 0 Å². The van der Waals surface area contributed by atoms with E-state index in [1.54, 1.807) is 0 Å². The van der Waals surface area contributed by atoms with Crippen molar-refractivity contribution in [3.8, 4) is 0 Å². The Balaban J connectivity index is 1.76. The van der Waals surface area contributed by atoms with Gasteiger partial charge in [-0.25, -0.2) is 0 Å². The first-order valence-electron chi connectivity index (χ1n) is 11.4. The summed E-state index contributed by atoms with van der Waals surface area (Å²) in [6, 6.07) is 0. The second kappa shape index (κ2) is 16.9. The summed E-state index contributed by atoms with van der Waals surface area (Å²) in [4.78, 5) is 7.01. The number of nitrogens with two attached hydrogens (primary N) is 1. The van der Waals surface area contributed by atoms with E-state index in [2.05, 4.69) is 16.8 Å². The third-order valence-electron chi connectivity index (χ3n) is 5.43. The highest BCUT2D eigenvalue weighted by Gasteiger charge is 2.14. The standard InChI is InChI=1S/C22H45N3/c1-2-3-4-5-6-7-8-9-10-11-12-13-14-15-16-20-25-21-19-24-22(25)17-18-23/h2-21,23H2,1H3. The Morgan fingerprint density at radius 3 is 1.72 bits per heavy atom. The summed E-state index contributed by atoms with van der Waals surface area (Å²) in [5.74, 6) is 1.26. The van der Waals surface area contributed by atoms with E-state index in [1.807, 2.05) is 0 Å². The zero-order valence-electron chi connectivity index (χ0n) is 17.1. The second-order valence-corrected chi connectivity index (χ2v) is 7.77. The highest BCUT2D eigenvalue weighted by atomic mass is 15.2. The first kappa shape index (κ1) is 22.5. The van der Waals surface area contributed by atoms with Crippen LogP contribution in [0.25, 0.3) is 0 Å². The lowest BCUT2D eigenvalue weighted by molar-refractivity contribution is 0.424. The molecule has 0 saturated heterocycles. The van der Waals surface area contributed by atoms with Gasteiger partial charge in [-0.3, -0.25) is 4.99 Å². The molecule has 1 heterocycles. The third kappa shape index (κ3) is 12.4. The summed E-state index contributed by atoms with van der Waals surface area (Å²) in [5, 5.41) is 0. The molecule has 0 radical (unpaired) electrons. The van der Waals surface area contributed by atoms with Gasteiger partial charge in [0.25, 0.3) is 0 Å². The molecule has 0 aromatic heterocycles. The SMILES string of the molecule is CCCCCCCCCCCCCCCCCN1CCN=C1CCN. The van der Waals surface area contributed by atoms with E-state index < -0.39 is 0 Å². The van der Waals surface area contributed by atoms with E-state index in [-0.39, 0.29) is 0 Å². The van der Waals surface area contributed by atoms with E-state index in [9.17, 15) is 0 Å². The molecule has 1 aliphatic heterocycles. The average Bonchev–Trinajstić information content (AvgIpc) is 3.06. The van der Waals surface area contributed by atoms with Crippen LogP contribution in [0, 0.1) is 0 Å². The number of amidine groups is 1. The van der Waals surface area contributed by atoms with Gasteiger partial charge in [0.2, 0.25) is 0 Å². The van der Waals surface area contributed by atoms with Crippen LogP contribution in [0.1, 0.15) is 110 Å². The highest BCUT2D eigenvalue weighted by molar-refractivity contribution is 5.83. The highest BCUT2D eigenvalue weighted by Crippen LogP contribution is 2.14. The molecule has 0 unspecified atom stereocenters. The van der Waals surface area contributed by atoms with Crippen LogP contribution >= 0.6 is 0 Å². The van der Waals surface area contributed by atoms with Gasteiger partial charge < -0.3 is 10.6 Å². The average molecular weight is 352 g/mol. The van der Waals surface area contributed by atoms with Gasteiger partial charge in [0.15, 0.2) is 0 Å². The van der Waals surface area contributed by atoms with Gasteiger partial charge in [0.1, 0.15) is 5.84 Å². The zero-order chi connectivity index (χ0) is 18.0. The van der Waals surface area contributed by atoms with Crippen molar-refractivity contribution >= 4 is 5.84 Å². The number of nitrogens with zero attached hydrogens (tertiary/aromatic N) is 2. The largest absolute Gasteiger partial charge is 0.358 e. The van der Waals surface area contributed by atoms with Crippen LogP contribution in [-0.2, 0) is 0 Å². The summed E-state index contributed by atoms with van der Waals surface area (Å²) in [5.41, 5.74) is 5.65. The molecule has 0 aromatic carbocycles. The van der Waals surface area contributed by atoms with Crippen molar-refractivity contribution in [1.82, 2.24) is 4.90 Å². The Hall–Kier alpha value is -0.570. The fraction of sp³-hybridized carbons (Fsp3) is 0.955. The summed E-state index contributed by atoms with van der Waals surface area (Å²) in [7, 11) is 0. The molecule has 0 atom stereocenters. The van der Waals surface area contributed by atoms with Crippen molar-refractivity contribution in [2.45, 2.75) is 110 Å². The molecule has 0 fully saturated rings. The first-order chi connectivity index (χ1) is 12.4. The maximum Gasteiger partial charge on any atom is 0.100 e. The lowest BCUT2D eigenvalue weighted by atomic mass is 10.0. The third-order valence-corrected chi connectivity index (χ3v) is 5.43. The molecule has 0 aliphatic carbocycles. The van der Waals surface area contributed by atoms with Crippen molar-refractivity contribution in [3.05, 3.63) is 0 Å². The second-order valence-electron chi connectivity index (χ2n) is 7.77. The molecule has 3 heteroatoms. The Bertz CT molecular complexity index is 314. The predicted molar refractivity (Wildman–Crippen MR) is 112 cm³/mol. The number of hydrogen-bond donors (Lipinski definition) is 1. The minimum atomic E-state index is 0.730. The van der Waals surface area contributed by atoms with Crippen LogP contribution in [0.2, 0.25) is 0 Å². The van der Waals surface area contributed by atoms with Crippen molar-refractivity contribution in [2.75, 3.05) is 26.2 Å². The van der Waals surface area contributed by atoms with E-state index in [0.29, 0.717) is 0 Å². The summed E-state index contributed by atoms with van der Waals surface area (Å²) < 4.78 is 0. The maximum absolute atomic E-state index is 5.65. The number of unbranched alkanes of at least 4 members (excludes halogenated alkanes) is 14. The fourth-order valence-corrected chi connectivity index (χ4v) is 3.81. The molecule has 2 N–H and O–H groups in total. The van der Waals surface area contributed by atoms with Crippen molar-refractivity contribution < 1.29 is 0 Å². The number of hydrogen-bond acceptors (Lipinski definition) is 3. The fourth-order valence-electron chi connectivity index (χ4n) is 3.81. The molecular formula is C22H45N3. The van der Waals surface area contributed by atoms with Gasteiger partial charge in [-0.05, 0) is 13.0 Å². The summed E-state index contributed by atoms with van der Waals surface area (Å²) in [6.45, 7) is 6.31. The van der Waals surface area contributed by atoms with Gasteiger partial charge in [-0.15, -0.1) is 0 Å². The lowest BCUT2D eigenvalue weighted by Crippen LogP contribution is -2.30. The Labute approximate surface area is 157 Å². The molecule has 1 aliphatic rings. The normalized spacial score (nSPS) is 14.3. The Kier molecular flexibility index (Phi) is 15.2. The van der Waals surface area contributed by atoms with Gasteiger partial charge in [-0.2, -0.15) is 0 Å². The van der Waals surface area contributed by atoms with Gasteiger partial charge in [0.05, 0.1) is 6.54 Å². The maximum atomic E-state index is 5.65. The van der Waals surface area contributed by atoms with Crippen LogP contribution in [0.15, 0.2) is 4.99 Å². The van der Waals surface area contributed by atoms with Gasteiger partial charge >= 0.3 is 0 Å². The number of rotatable bonds is 18. The minimum absolute atomic E-state index is 0.730. The van der Waals surface area contributed by atoms with Gasteiger partial charge in [0, 0.05) is 19.5 Å². The smallest absolute Gasteiger partial charge is 0.100 e. The molecule has 0 amide bonds. The molecular weight excluding hydrogens is 306 g/mol. The zero-order valence-corrected chi connectivity index (χ0v) is 17.1. The van der Waals surface area contributed by atoms with E-state index >= 15 is 0 Å². The Morgan fingerprint density at radius 1 is 0.760 bits per heavy atom. The monoisotopic (exact) mass is 351 g/mol. The van der Waals surface area contributed by atoms with Crippen LogP contribution in [0.4, 0.5) is 0 Å². The molecule has 0 saturated carbocycles. The topological polar surface area (TPSA) is 41.6 Å². The van der Waals surface area contributed by atoms with Gasteiger partial charge in [-0.1, -0.05) is 96.8 Å². The van der Waals surface area contributed by atoms with E-state index in [1.165, 1.54) is 109 Å². The minimum Gasteiger partial charge on any atom is -0.358 e. The quantitative estimate of drug-likeness (QED) is 0.311. The summed E-state index contributed by atoms with van der Waals surface area (Å²) in [6.07, 6.45) is 22.4. The molecule has 0 spiro atoms. The molecule has 3 nitrogen and oxygen atoms in total. The van der Waals surface area contributed by atoms with E-state index in [0.717, 1.165) is 26.1 Å². The van der Waals surface area contributed by atoms with Crippen LogP contribution < -0.4 is 5.73 Å². The first-order valence-corrected chi connectivity index (χ1v) is 11.4.